The number of hydrogen-bond donors (Lipinski definition) is 2. The summed E-state index contributed by atoms with van der Waals surface area (Å²) in [6.07, 6.45) is 0. The number of nitrogens with zero attached hydrogens (tertiary/aromatic N) is 1. The number of hydrogen-bond acceptors (Lipinski definition) is 5. The van der Waals surface area contributed by atoms with Crippen molar-refractivity contribution in [2.45, 2.75) is 0 Å². The molecule has 1 amide bonds. The molecule has 0 atom stereocenters. The Bertz CT molecular complexity index is 993. The Morgan fingerprint density at radius 2 is 2.00 bits per heavy atom. The number of thiazole rings is 1. The maximum absolute atomic E-state index is 13.8. The van der Waals surface area contributed by atoms with Crippen LogP contribution in [0.15, 0.2) is 47.8 Å². The molecule has 27 heavy (non-hydrogen) atoms. The lowest BCUT2D eigenvalue weighted by Gasteiger charge is -2.07. The first-order valence-electron chi connectivity index (χ1n) is 7.63. The SMILES string of the molecule is COc1ccc(-c2csc(NC(=S)NC(=O)c3ccc(Cl)cc3)n2)cc1F. The maximum atomic E-state index is 13.8. The topological polar surface area (TPSA) is 63.2 Å². The molecule has 2 N–H and O–H groups in total. The molecule has 3 rings (SSSR count). The summed E-state index contributed by atoms with van der Waals surface area (Å²) < 4.78 is 18.7. The normalized spacial score (nSPS) is 10.3. The zero-order valence-corrected chi connectivity index (χ0v) is 16.3. The Kier molecular flexibility index (Phi) is 6.00. The second-order valence-corrected chi connectivity index (χ2v) is 7.01. The van der Waals surface area contributed by atoms with Gasteiger partial charge in [0.2, 0.25) is 0 Å². The number of rotatable bonds is 4. The number of halogens is 2. The third-order valence-corrected chi connectivity index (χ3v) is 4.72. The number of ether oxygens (including phenoxy) is 1. The molecular formula is C18H13ClFN3O2S2. The van der Waals surface area contributed by atoms with E-state index in [2.05, 4.69) is 15.6 Å². The molecule has 1 aromatic heterocycles. The highest BCUT2D eigenvalue weighted by molar-refractivity contribution is 7.80. The van der Waals surface area contributed by atoms with Crippen LogP contribution in [0.3, 0.4) is 0 Å². The lowest BCUT2D eigenvalue weighted by atomic mass is 10.1. The van der Waals surface area contributed by atoms with E-state index in [1.165, 1.54) is 30.6 Å². The minimum atomic E-state index is -0.469. The van der Waals surface area contributed by atoms with Crippen LogP contribution in [0.2, 0.25) is 5.02 Å². The van der Waals surface area contributed by atoms with Crippen LogP contribution in [0.25, 0.3) is 11.3 Å². The van der Waals surface area contributed by atoms with Gasteiger partial charge in [-0.05, 0) is 54.7 Å². The van der Waals surface area contributed by atoms with Gasteiger partial charge >= 0.3 is 0 Å². The Morgan fingerprint density at radius 1 is 1.26 bits per heavy atom. The number of anilines is 1. The average Bonchev–Trinajstić information content (AvgIpc) is 3.10. The molecule has 0 fully saturated rings. The molecule has 2 aromatic carbocycles. The highest BCUT2D eigenvalue weighted by Crippen LogP contribution is 2.28. The Morgan fingerprint density at radius 3 is 2.67 bits per heavy atom. The number of methoxy groups -OCH3 is 1. The molecule has 0 aliphatic carbocycles. The molecule has 0 spiro atoms. The molecule has 0 saturated heterocycles. The van der Waals surface area contributed by atoms with Crippen LogP contribution in [0.1, 0.15) is 10.4 Å². The third-order valence-electron chi connectivity index (χ3n) is 3.51. The second-order valence-electron chi connectivity index (χ2n) is 5.30. The van der Waals surface area contributed by atoms with Crippen LogP contribution >= 0.6 is 35.2 Å². The van der Waals surface area contributed by atoms with Crippen molar-refractivity contribution in [2.24, 2.45) is 0 Å². The monoisotopic (exact) mass is 421 g/mol. The van der Waals surface area contributed by atoms with Crippen molar-refractivity contribution in [2.75, 3.05) is 12.4 Å². The minimum Gasteiger partial charge on any atom is -0.494 e. The molecule has 9 heteroatoms. The van der Waals surface area contributed by atoms with Crippen molar-refractivity contribution in [3.05, 3.63) is 64.2 Å². The van der Waals surface area contributed by atoms with E-state index in [1.807, 2.05) is 0 Å². The summed E-state index contributed by atoms with van der Waals surface area (Å²) >= 11 is 12.2. The minimum absolute atomic E-state index is 0.108. The lowest BCUT2D eigenvalue weighted by Crippen LogP contribution is -2.34. The van der Waals surface area contributed by atoms with E-state index >= 15 is 0 Å². The van der Waals surface area contributed by atoms with Gasteiger partial charge in [0, 0.05) is 21.5 Å². The van der Waals surface area contributed by atoms with Gasteiger partial charge in [0.05, 0.1) is 12.8 Å². The number of nitrogens with one attached hydrogen (secondary N) is 2. The molecule has 0 aliphatic rings. The smallest absolute Gasteiger partial charge is 0.257 e. The van der Waals surface area contributed by atoms with Crippen LogP contribution in [-0.2, 0) is 0 Å². The molecule has 0 radical (unpaired) electrons. The van der Waals surface area contributed by atoms with Crippen molar-refractivity contribution in [1.82, 2.24) is 10.3 Å². The fourth-order valence-electron chi connectivity index (χ4n) is 2.19. The third kappa shape index (κ3) is 4.79. The van der Waals surface area contributed by atoms with Gasteiger partial charge in [-0.2, -0.15) is 0 Å². The number of carbonyl (C=O) groups excluding carboxylic acids is 1. The maximum Gasteiger partial charge on any atom is 0.257 e. The van der Waals surface area contributed by atoms with Gasteiger partial charge in [-0.1, -0.05) is 11.6 Å². The van der Waals surface area contributed by atoms with Crippen molar-refractivity contribution in [1.29, 1.82) is 0 Å². The van der Waals surface area contributed by atoms with Crippen LogP contribution < -0.4 is 15.4 Å². The molecule has 1 heterocycles. The standard InChI is InChI=1S/C18H13ClFN3O2S2/c1-25-15-7-4-11(8-13(15)20)14-9-27-18(21-14)23-17(26)22-16(24)10-2-5-12(19)6-3-10/h2-9H,1H3,(H2,21,22,23,24,26). The predicted molar refractivity (Wildman–Crippen MR) is 109 cm³/mol. The van der Waals surface area contributed by atoms with Crippen molar-refractivity contribution >= 4 is 51.3 Å². The summed E-state index contributed by atoms with van der Waals surface area (Å²) in [6, 6.07) is 11.0. The molecule has 0 aliphatic heterocycles. The largest absolute Gasteiger partial charge is 0.494 e. The van der Waals surface area contributed by atoms with Crippen molar-refractivity contribution in [3.8, 4) is 17.0 Å². The highest BCUT2D eigenvalue weighted by Gasteiger charge is 2.11. The summed E-state index contributed by atoms with van der Waals surface area (Å²) in [5.41, 5.74) is 1.61. The fraction of sp³-hybridized carbons (Fsp3) is 0.0556. The van der Waals surface area contributed by atoms with E-state index in [0.29, 0.717) is 27.0 Å². The zero-order chi connectivity index (χ0) is 19.4. The Hall–Kier alpha value is -2.55. The Labute approximate surface area is 169 Å². The van der Waals surface area contributed by atoms with Gasteiger partial charge in [0.15, 0.2) is 21.8 Å². The van der Waals surface area contributed by atoms with E-state index in [4.69, 9.17) is 28.6 Å². The van der Waals surface area contributed by atoms with Crippen LogP contribution in [0.4, 0.5) is 9.52 Å². The van der Waals surface area contributed by atoms with Crippen molar-refractivity contribution < 1.29 is 13.9 Å². The summed E-state index contributed by atoms with van der Waals surface area (Å²) in [4.78, 5) is 16.5. The summed E-state index contributed by atoms with van der Waals surface area (Å²) in [5, 5.41) is 8.29. The number of amides is 1. The second kappa shape index (κ2) is 8.43. The van der Waals surface area contributed by atoms with E-state index in [0.717, 1.165) is 0 Å². The van der Waals surface area contributed by atoms with Crippen molar-refractivity contribution in [3.63, 3.8) is 0 Å². The molecule has 0 unspecified atom stereocenters. The molecule has 3 aromatic rings. The molecule has 0 bridgehead atoms. The van der Waals surface area contributed by atoms with E-state index in [-0.39, 0.29) is 16.8 Å². The first-order chi connectivity index (χ1) is 13.0. The first-order valence-corrected chi connectivity index (χ1v) is 9.30. The molecule has 138 valence electrons. The van der Waals surface area contributed by atoms with Gasteiger partial charge in [-0.25, -0.2) is 9.37 Å². The molecule has 0 saturated carbocycles. The summed E-state index contributed by atoms with van der Waals surface area (Å²) in [6.45, 7) is 0. The number of carbonyl (C=O) groups is 1. The van der Waals surface area contributed by atoms with Gasteiger partial charge < -0.3 is 10.1 Å². The van der Waals surface area contributed by atoms with E-state index in [9.17, 15) is 9.18 Å². The van der Waals surface area contributed by atoms with Gasteiger partial charge in [-0.15, -0.1) is 11.3 Å². The van der Waals surface area contributed by atoms with Gasteiger partial charge in [0.1, 0.15) is 0 Å². The number of aromatic nitrogens is 1. The van der Waals surface area contributed by atoms with Crippen LogP contribution in [0.5, 0.6) is 5.75 Å². The molecule has 5 nitrogen and oxygen atoms in total. The number of thiocarbonyl (C=S) groups is 1. The predicted octanol–water partition coefficient (Wildman–Crippen LogP) is 4.74. The van der Waals surface area contributed by atoms with E-state index < -0.39 is 5.82 Å². The Balaban J connectivity index is 1.65. The first kappa shape index (κ1) is 19.2. The van der Waals surface area contributed by atoms with Crippen LogP contribution in [-0.4, -0.2) is 23.1 Å². The highest BCUT2D eigenvalue weighted by atomic mass is 35.5. The van der Waals surface area contributed by atoms with Crippen LogP contribution in [0, 0.1) is 5.82 Å². The summed E-state index contributed by atoms with van der Waals surface area (Å²) in [5.74, 6) is -0.667. The van der Waals surface area contributed by atoms with Gasteiger partial charge in [-0.3, -0.25) is 10.1 Å². The quantitative estimate of drug-likeness (QED) is 0.596. The number of benzene rings is 2. The fourth-order valence-corrected chi connectivity index (χ4v) is 3.30. The lowest BCUT2D eigenvalue weighted by molar-refractivity contribution is 0.0977. The average molecular weight is 422 g/mol. The summed E-state index contributed by atoms with van der Waals surface area (Å²) in [7, 11) is 1.40. The zero-order valence-electron chi connectivity index (χ0n) is 14.0. The molecular weight excluding hydrogens is 409 g/mol. The van der Waals surface area contributed by atoms with E-state index in [1.54, 1.807) is 35.7 Å². The van der Waals surface area contributed by atoms with Gasteiger partial charge in [0.25, 0.3) is 5.91 Å².